The Balaban J connectivity index is 1.80. The van der Waals surface area contributed by atoms with Crippen molar-refractivity contribution in [3.05, 3.63) is 107 Å². The van der Waals surface area contributed by atoms with E-state index in [1.54, 1.807) is 0 Å². The molecule has 0 aliphatic heterocycles. The monoisotopic (exact) mass is 427 g/mol. The number of nitrogens with one attached hydrogen (secondary N) is 1. The van der Waals surface area contributed by atoms with Crippen LogP contribution in [-0.2, 0) is 17.3 Å². The predicted octanol–water partition coefficient (Wildman–Crippen LogP) is 8.77. The molecule has 4 aromatic carbocycles. The summed E-state index contributed by atoms with van der Waals surface area (Å²) in [5, 5.41) is 3.23. The summed E-state index contributed by atoms with van der Waals surface area (Å²) in [7, 11) is 0. The van der Waals surface area contributed by atoms with E-state index in [0.717, 1.165) is 11.1 Å². The zero-order valence-electron chi connectivity index (χ0n) is 25.8. The van der Waals surface area contributed by atoms with Gasteiger partial charge >= 0.3 is 0 Å². The zero-order valence-corrected chi connectivity index (χ0v) is 19.8. The van der Waals surface area contributed by atoms with Crippen molar-refractivity contribution in [3.63, 3.8) is 0 Å². The van der Waals surface area contributed by atoms with Crippen LogP contribution in [-0.4, -0.2) is 0 Å². The Hall–Kier alpha value is -3.06. The highest BCUT2D eigenvalue weighted by Gasteiger charge is 2.14. The van der Waals surface area contributed by atoms with Gasteiger partial charge in [-0.05, 0) is 74.5 Å². The summed E-state index contributed by atoms with van der Waals surface area (Å²) in [6.45, 7) is 12.8. The van der Waals surface area contributed by atoms with Crippen LogP contribution in [0.3, 0.4) is 0 Å². The van der Waals surface area contributed by atoms with Gasteiger partial charge < -0.3 is 5.32 Å². The van der Waals surface area contributed by atoms with Crippen LogP contribution in [0.25, 0.3) is 10.8 Å². The third kappa shape index (κ3) is 5.22. The molecule has 1 heteroatoms. The Kier molecular flexibility index (Phi) is 4.15. The van der Waals surface area contributed by atoms with Gasteiger partial charge in [0.25, 0.3) is 0 Å². The van der Waals surface area contributed by atoms with Crippen molar-refractivity contribution < 1.29 is 8.22 Å². The van der Waals surface area contributed by atoms with Gasteiger partial charge in [-0.15, -0.1) is 0 Å². The highest BCUT2D eigenvalue weighted by molar-refractivity contribution is 5.87. The first-order chi connectivity index (χ1) is 17.6. The summed E-state index contributed by atoms with van der Waals surface area (Å²) in [6.07, 6.45) is 0.268. The Morgan fingerprint density at radius 3 is 1.72 bits per heavy atom. The molecule has 0 fully saturated rings. The second-order valence-electron chi connectivity index (χ2n) is 10.4. The van der Waals surface area contributed by atoms with Crippen LogP contribution in [0.15, 0.2) is 84.8 Å². The van der Waals surface area contributed by atoms with E-state index in [2.05, 4.69) is 46.9 Å². The molecular weight excluding hydrogens is 386 g/mol. The van der Waals surface area contributed by atoms with E-state index < -0.39 is 0 Å². The van der Waals surface area contributed by atoms with Crippen LogP contribution in [0.2, 0.25) is 0 Å². The summed E-state index contributed by atoms with van der Waals surface area (Å²) in [4.78, 5) is 0. The molecule has 32 heavy (non-hydrogen) atoms. The molecule has 4 rings (SSSR count). The third-order valence-electron chi connectivity index (χ3n) is 5.65. The molecule has 0 spiro atoms. The van der Waals surface area contributed by atoms with Crippen molar-refractivity contribution in [1.29, 1.82) is 0 Å². The topological polar surface area (TPSA) is 12.0 Å². The fourth-order valence-corrected chi connectivity index (χ4v) is 3.59. The minimum atomic E-state index is -0.215. The second kappa shape index (κ2) is 8.47. The summed E-state index contributed by atoms with van der Waals surface area (Å²) >= 11 is 0. The second-order valence-corrected chi connectivity index (χ2v) is 10.4. The number of hydrogen-bond acceptors (Lipinski definition) is 1. The van der Waals surface area contributed by atoms with E-state index in [1.165, 1.54) is 5.56 Å². The zero-order chi connectivity index (χ0) is 28.2. The van der Waals surface area contributed by atoms with Gasteiger partial charge in [0, 0.05) is 11.4 Å². The normalized spacial score (nSPS) is 14.8. The van der Waals surface area contributed by atoms with Crippen molar-refractivity contribution >= 4 is 22.1 Å². The average molecular weight is 428 g/mol. The lowest BCUT2D eigenvalue weighted by Gasteiger charge is -2.19. The van der Waals surface area contributed by atoms with Crippen LogP contribution in [0.4, 0.5) is 11.4 Å². The number of hydrogen-bond donors (Lipinski definition) is 1. The van der Waals surface area contributed by atoms with Crippen molar-refractivity contribution in [2.24, 2.45) is 0 Å². The number of fused-ring (bicyclic) bond motifs is 1. The Labute approximate surface area is 201 Å². The molecule has 0 bridgehead atoms. The molecule has 0 aromatic heterocycles. The molecule has 0 aliphatic carbocycles. The third-order valence-corrected chi connectivity index (χ3v) is 5.65. The van der Waals surface area contributed by atoms with E-state index in [1.807, 2.05) is 48.5 Å². The van der Waals surface area contributed by atoms with Crippen molar-refractivity contribution in [2.75, 3.05) is 5.32 Å². The quantitative estimate of drug-likeness (QED) is 0.343. The van der Waals surface area contributed by atoms with Gasteiger partial charge in [-0.2, -0.15) is 0 Å². The molecule has 0 amide bonds. The van der Waals surface area contributed by atoms with Gasteiger partial charge in [0.1, 0.15) is 0 Å². The highest BCUT2D eigenvalue weighted by Crippen LogP contribution is 2.28. The van der Waals surface area contributed by atoms with Gasteiger partial charge in [-0.25, -0.2) is 0 Å². The number of rotatable bonds is 4. The van der Waals surface area contributed by atoms with Crippen molar-refractivity contribution in [3.8, 4) is 0 Å². The van der Waals surface area contributed by atoms with Gasteiger partial charge in [0.05, 0.1) is 8.22 Å². The molecule has 0 aliphatic rings. The molecule has 0 heterocycles. The Bertz CT molecular complexity index is 1390. The molecule has 1 N–H and O–H groups in total. The van der Waals surface area contributed by atoms with E-state index >= 15 is 0 Å². The lowest BCUT2D eigenvalue weighted by atomic mass is 9.86. The lowest BCUT2D eigenvalue weighted by Crippen LogP contribution is -2.10. The Morgan fingerprint density at radius 1 is 0.594 bits per heavy atom. The predicted molar refractivity (Wildman–Crippen MR) is 140 cm³/mol. The standard InChI is InChI=1S/C31H35N/c1-30(2,3)26-12-8-22(9-13-26)19-23-7-10-25-21-29(16-11-24(25)20-23)32-28-17-14-27(15-18-28)31(4,5)6/h7-18,20-21,32H,19H2,1-6H3/i7D,10D,11D,16D,20D,21D. The molecule has 164 valence electrons. The SMILES string of the molecule is [2H]c1c(Nc2ccc(C(C)(C)C)cc2)c([2H])c2c([2H])c([2H])c(Cc3ccc(C(C)(C)C)cc3)c([2H])c2c1[2H]. The van der Waals surface area contributed by atoms with E-state index in [0.29, 0.717) is 11.3 Å². The first-order valence-corrected chi connectivity index (χ1v) is 11.1. The maximum absolute atomic E-state index is 8.87. The molecule has 1 nitrogen and oxygen atoms in total. The van der Waals surface area contributed by atoms with Gasteiger partial charge in [0.15, 0.2) is 0 Å². The molecule has 0 radical (unpaired) electrons. The number of anilines is 2. The summed E-state index contributed by atoms with van der Waals surface area (Å²) in [6, 6.07) is 14.8. The number of benzene rings is 4. The van der Waals surface area contributed by atoms with Gasteiger partial charge in [0.2, 0.25) is 0 Å². The lowest BCUT2D eigenvalue weighted by molar-refractivity contribution is 0.590. The van der Waals surface area contributed by atoms with Crippen LogP contribution in [0.5, 0.6) is 0 Å². The summed E-state index contributed by atoms with van der Waals surface area (Å²) in [5.41, 5.74) is 4.31. The van der Waals surface area contributed by atoms with Crippen LogP contribution < -0.4 is 5.32 Å². The van der Waals surface area contributed by atoms with E-state index in [-0.39, 0.29) is 70.0 Å². The van der Waals surface area contributed by atoms with Crippen LogP contribution in [0, 0.1) is 0 Å². The summed E-state index contributed by atoms with van der Waals surface area (Å²) in [5.74, 6) is 0. The maximum atomic E-state index is 8.87. The summed E-state index contributed by atoms with van der Waals surface area (Å²) < 4.78 is 52.5. The largest absolute Gasteiger partial charge is 0.356 e. The maximum Gasteiger partial charge on any atom is 0.0651 e. The van der Waals surface area contributed by atoms with Crippen molar-refractivity contribution in [2.45, 2.75) is 58.8 Å². The van der Waals surface area contributed by atoms with Crippen LogP contribution in [0.1, 0.15) is 72.0 Å². The minimum absolute atomic E-state index is 0.00649. The van der Waals surface area contributed by atoms with E-state index in [9.17, 15) is 0 Å². The average Bonchev–Trinajstić information content (AvgIpc) is 2.84. The van der Waals surface area contributed by atoms with Gasteiger partial charge in [-0.1, -0.05) is 102 Å². The molecule has 4 aromatic rings. The first-order valence-electron chi connectivity index (χ1n) is 14.1. The molecule has 0 unspecified atom stereocenters. The molecule has 0 atom stereocenters. The molecular formula is C31H35N. The smallest absolute Gasteiger partial charge is 0.0651 e. The molecule has 0 saturated carbocycles. The minimum Gasteiger partial charge on any atom is -0.356 e. The fourth-order valence-electron chi connectivity index (χ4n) is 3.59. The highest BCUT2D eigenvalue weighted by atomic mass is 14.9. The van der Waals surface area contributed by atoms with Crippen molar-refractivity contribution in [1.82, 2.24) is 0 Å². The van der Waals surface area contributed by atoms with Gasteiger partial charge in [-0.3, -0.25) is 0 Å². The van der Waals surface area contributed by atoms with E-state index in [4.69, 9.17) is 8.22 Å². The Morgan fingerprint density at radius 2 is 1.12 bits per heavy atom. The first kappa shape index (κ1) is 15.7. The van der Waals surface area contributed by atoms with Crippen LogP contribution >= 0.6 is 0 Å². The molecule has 0 saturated heterocycles. The fraction of sp³-hybridized carbons (Fsp3) is 0.290.